The van der Waals surface area contributed by atoms with Crippen LogP contribution in [-0.2, 0) is 34.0 Å². The number of ether oxygens (including phenoxy) is 1. The van der Waals surface area contributed by atoms with Crippen molar-refractivity contribution in [2.75, 3.05) is 0 Å². The minimum Gasteiger partial charge on any atom is -0.743 e. The van der Waals surface area contributed by atoms with Crippen LogP contribution in [0.2, 0.25) is 0 Å². The zero-order valence-corrected chi connectivity index (χ0v) is 20.6. The molecule has 2 atom stereocenters. The Labute approximate surface area is 198 Å². The maximum atomic E-state index is 14.4. The molecule has 0 aromatic heterocycles. The second-order valence-corrected chi connectivity index (χ2v) is 13.6. The molecule has 0 spiro atoms. The van der Waals surface area contributed by atoms with Crippen molar-refractivity contribution in [3.63, 3.8) is 0 Å². The smallest absolute Gasteiger partial charge is 0.439 e. The summed E-state index contributed by atoms with van der Waals surface area (Å²) in [5, 5.41) is -13.7. The fourth-order valence-electron chi connectivity index (χ4n) is 5.56. The summed E-state index contributed by atoms with van der Waals surface area (Å²) >= 11 is 0. The quantitative estimate of drug-likeness (QED) is 0.181. The summed E-state index contributed by atoms with van der Waals surface area (Å²) in [4.78, 5) is 12.7. The molecule has 4 aliphatic carbocycles. The molecule has 4 rings (SSSR count). The van der Waals surface area contributed by atoms with Crippen LogP contribution in [0.1, 0.15) is 65.7 Å². The molecule has 0 aromatic rings. The lowest BCUT2D eigenvalue weighted by Gasteiger charge is -2.60. The summed E-state index contributed by atoms with van der Waals surface area (Å²) in [6.07, 6.45) is 0.492. The number of alkyl halides is 6. The zero-order valence-electron chi connectivity index (χ0n) is 19.0. The molecule has 0 N–H and O–H groups in total. The molecule has 204 valence electrons. The van der Waals surface area contributed by atoms with Crippen LogP contribution < -0.4 is 0 Å². The van der Waals surface area contributed by atoms with Crippen LogP contribution in [0.25, 0.3) is 0 Å². The largest absolute Gasteiger partial charge is 0.743 e. The molecule has 2 unspecified atom stereocenters. The van der Waals surface area contributed by atoms with Crippen molar-refractivity contribution in [1.29, 1.82) is 0 Å². The van der Waals surface area contributed by atoms with Crippen molar-refractivity contribution in [2.24, 2.45) is 17.3 Å². The van der Waals surface area contributed by atoms with Gasteiger partial charge in [0, 0.05) is 6.42 Å². The lowest BCUT2D eigenvalue weighted by Crippen LogP contribution is -2.65. The second kappa shape index (κ2) is 7.93. The first-order valence-electron chi connectivity index (χ1n) is 10.7. The number of rotatable bonds is 9. The number of halogens is 6. The third kappa shape index (κ3) is 4.35. The highest BCUT2D eigenvalue weighted by atomic mass is 32.2. The fourth-order valence-corrected chi connectivity index (χ4v) is 7.27. The summed E-state index contributed by atoms with van der Waals surface area (Å²) < 4.78 is 150. The number of hydrogen-bond donors (Lipinski definition) is 0. The van der Waals surface area contributed by atoms with Crippen LogP contribution in [0.5, 0.6) is 0 Å². The molecule has 4 aliphatic rings. The van der Waals surface area contributed by atoms with Gasteiger partial charge in [0.05, 0.1) is 11.0 Å². The maximum absolute atomic E-state index is 14.4. The molecular formula is C19H25F6O8S2-. The maximum Gasteiger partial charge on any atom is 0.439 e. The summed E-state index contributed by atoms with van der Waals surface area (Å²) in [6.45, 7) is 4.91. The molecule has 8 nitrogen and oxygen atoms in total. The van der Waals surface area contributed by atoms with E-state index in [1.54, 1.807) is 20.8 Å². The van der Waals surface area contributed by atoms with Gasteiger partial charge in [0.1, 0.15) is 5.60 Å². The fraction of sp³-hybridized carbons (Fsp3) is 0.947. The SMILES string of the molecule is CCC(C)(C)C(=O)OC12CC3CC(C1)CC(OS(=O)(=O)C(F)(F)C(F)(F)C(F)(F)S(=O)(=O)[O-])(C3)C2. The number of carbonyl (C=O) groups is 1. The van der Waals surface area contributed by atoms with Crippen molar-refractivity contribution >= 4 is 26.2 Å². The van der Waals surface area contributed by atoms with Crippen LogP contribution in [0.4, 0.5) is 26.3 Å². The summed E-state index contributed by atoms with van der Waals surface area (Å²) in [5.41, 5.74) is -4.33. The van der Waals surface area contributed by atoms with E-state index < -0.39 is 65.7 Å². The van der Waals surface area contributed by atoms with Crippen molar-refractivity contribution in [3.05, 3.63) is 0 Å². The standard InChI is InChI=1S/C19H26F6O8S2/c1-4-14(2,3)13(26)32-15-6-11-5-12(7-15)9-16(8-11,10-15)33-35(30,31)19(24,25)17(20,21)18(22,23)34(27,28)29/h11-12H,4-10H2,1-3H3,(H,27,28,29)/p-1. The lowest BCUT2D eigenvalue weighted by molar-refractivity contribution is -0.253. The van der Waals surface area contributed by atoms with Gasteiger partial charge in [0.2, 0.25) is 0 Å². The minimum atomic E-state index is -7.39. The van der Waals surface area contributed by atoms with Gasteiger partial charge in [0.25, 0.3) is 0 Å². The number of esters is 1. The molecular weight excluding hydrogens is 534 g/mol. The van der Waals surface area contributed by atoms with Gasteiger partial charge in [-0.3, -0.25) is 8.98 Å². The van der Waals surface area contributed by atoms with Gasteiger partial charge in [-0.25, -0.2) is 8.42 Å². The highest BCUT2D eigenvalue weighted by Crippen LogP contribution is 2.62. The minimum absolute atomic E-state index is 0.211. The van der Waals surface area contributed by atoms with E-state index in [4.69, 9.17) is 4.74 Å². The normalized spacial score (nSPS) is 32.1. The summed E-state index contributed by atoms with van der Waals surface area (Å²) in [7, 11) is -14.3. The Balaban J connectivity index is 1.95. The molecule has 4 saturated carbocycles. The predicted octanol–water partition coefficient (Wildman–Crippen LogP) is 3.77. The van der Waals surface area contributed by atoms with E-state index in [1.165, 1.54) is 0 Å². The molecule has 0 amide bonds. The number of carbonyl (C=O) groups excluding carboxylic acids is 1. The predicted molar refractivity (Wildman–Crippen MR) is 105 cm³/mol. The Morgan fingerprint density at radius 1 is 0.914 bits per heavy atom. The van der Waals surface area contributed by atoms with Gasteiger partial charge in [-0.15, -0.1) is 0 Å². The van der Waals surface area contributed by atoms with Gasteiger partial charge in [-0.1, -0.05) is 6.92 Å². The Bertz CT molecular complexity index is 1090. The lowest BCUT2D eigenvalue weighted by atomic mass is 9.52. The van der Waals surface area contributed by atoms with Gasteiger partial charge in [-0.2, -0.15) is 34.8 Å². The summed E-state index contributed by atoms with van der Waals surface area (Å²) in [6, 6.07) is 0. The number of hydrogen-bond acceptors (Lipinski definition) is 8. The van der Waals surface area contributed by atoms with Crippen molar-refractivity contribution in [1.82, 2.24) is 0 Å². The molecule has 35 heavy (non-hydrogen) atoms. The topological polar surface area (TPSA) is 127 Å². The first-order valence-corrected chi connectivity index (χ1v) is 13.6. The van der Waals surface area contributed by atoms with Crippen LogP contribution in [-0.4, -0.2) is 55.0 Å². The Morgan fingerprint density at radius 3 is 1.80 bits per heavy atom. The highest BCUT2D eigenvalue weighted by Gasteiger charge is 2.81. The van der Waals surface area contributed by atoms with E-state index in [-0.39, 0.29) is 37.5 Å². The molecule has 0 aliphatic heterocycles. The zero-order chi connectivity index (χ0) is 27.1. The summed E-state index contributed by atoms with van der Waals surface area (Å²) in [5.74, 6) is -8.56. The van der Waals surface area contributed by atoms with Crippen LogP contribution >= 0.6 is 0 Å². The van der Waals surface area contributed by atoms with Crippen molar-refractivity contribution in [2.45, 2.75) is 93.4 Å². The van der Waals surface area contributed by atoms with Crippen LogP contribution in [0.15, 0.2) is 0 Å². The van der Waals surface area contributed by atoms with Gasteiger partial charge in [-0.05, 0) is 64.2 Å². The Morgan fingerprint density at radius 2 is 1.37 bits per heavy atom. The first-order chi connectivity index (χ1) is 15.5. The van der Waals surface area contributed by atoms with E-state index in [1.807, 2.05) is 0 Å². The van der Waals surface area contributed by atoms with Crippen molar-refractivity contribution in [3.8, 4) is 0 Å². The molecule has 0 radical (unpaired) electrons. The molecule has 16 heteroatoms. The van der Waals surface area contributed by atoms with E-state index in [0.717, 1.165) is 0 Å². The Kier molecular flexibility index (Phi) is 6.45. The second-order valence-electron chi connectivity index (χ2n) is 10.6. The van der Waals surface area contributed by atoms with E-state index >= 15 is 0 Å². The molecule has 0 heterocycles. The molecule has 0 aromatic carbocycles. The van der Waals surface area contributed by atoms with E-state index in [0.29, 0.717) is 12.8 Å². The van der Waals surface area contributed by atoms with Gasteiger partial charge < -0.3 is 9.29 Å². The third-order valence-electron chi connectivity index (χ3n) is 7.34. The monoisotopic (exact) mass is 559 g/mol. The highest BCUT2D eigenvalue weighted by molar-refractivity contribution is 7.88. The third-order valence-corrected chi connectivity index (χ3v) is 9.69. The average molecular weight is 560 g/mol. The molecule has 4 fully saturated rings. The van der Waals surface area contributed by atoms with Gasteiger partial charge >= 0.3 is 32.5 Å². The molecule has 0 saturated heterocycles. The molecule has 4 bridgehead atoms. The van der Waals surface area contributed by atoms with Crippen LogP contribution in [0.3, 0.4) is 0 Å². The Hall–Kier alpha value is -1.13. The van der Waals surface area contributed by atoms with Crippen LogP contribution in [0, 0.1) is 17.3 Å². The van der Waals surface area contributed by atoms with Crippen molar-refractivity contribution < 1.29 is 61.4 Å². The van der Waals surface area contributed by atoms with Gasteiger partial charge in [0.15, 0.2) is 10.1 Å². The first kappa shape index (κ1) is 28.4. The van der Waals surface area contributed by atoms with E-state index in [9.17, 15) is 52.5 Å². The van der Waals surface area contributed by atoms with E-state index in [2.05, 4.69) is 4.18 Å². The average Bonchev–Trinajstić information content (AvgIpc) is 2.64.